The Labute approximate surface area is 115 Å². The van der Waals surface area contributed by atoms with Crippen molar-refractivity contribution in [1.82, 2.24) is 24.5 Å². The molecule has 0 aliphatic rings. The van der Waals surface area contributed by atoms with Crippen molar-refractivity contribution in [3.05, 3.63) is 38.7 Å². The minimum atomic E-state index is -1.14. The van der Waals surface area contributed by atoms with Crippen LogP contribution in [-0.2, 0) is 13.1 Å². The van der Waals surface area contributed by atoms with Gasteiger partial charge in [0.15, 0.2) is 5.69 Å². The van der Waals surface area contributed by atoms with Crippen molar-refractivity contribution in [1.29, 1.82) is 0 Å². The van der Waals surface area contributed by atoms with Crippen LogP contribution in [0.3, 0.4) is 0 Å². The van der Waals surface area contributed by atoms with Gasteiger partial charge in [0.05, 0.1) is 12.7 Å². The Balaban J connectivity index is 2.16. The number of hydrogen-bond acceptors (Lipinski definition) is 5. The number of halogens is 1. The first-order chi connectivity index (χ1) is 8.99. The van der Waals surface area contributed by atoms with Crippen LogP contribution in [0.4, 0.5) is 0 Å². The number of nitrogens with zero attached hydrogens (tertiary/aromatic N) is 5. The highest BCUT2D eigenvalue weighted by molar-refractivity contribution is 9.10. The lowest BCUT2D eigenvalue weighted by atomic mass is 10.5. The lowest BCUT2D eigenvalue weighted by Gasteiger charge is -2.08. The summed E-state index contributed by atoms with van der Waals surface area (Å²) in [4.78, 5) is 26.6. The third-order valence-corrected chi connectivity index (χ3v) is 3.06. The van der Waals surface area contributed by atoms with Gasteiger partial charge in [-0.25, -0.2) is 14.5 Å². The SMILES string of the molecule is Cc1ncc(Br)c(=O)n1CCn1cc(C(=O)O)nn1. The molecule has 1 N–H and O–H groups in total. The van der Waals surface area contributed by atoms with E-state index in [2.05, 4.69) is 31.2 Å². The lowest BCUT2D eigenvalue weighted by molar-refractivity contribution is 0.0690. The Hall–Kier alpha value is -2.03. The van der Waals surface area contributed by atoms with Crippen LogP contribution in [0.2, 0.25) is 0 Å². The Morgan fingerprint density at radius 2 is 2.21 bits per heavy atom. The summed E-state index contributed by atoms with van der Waals surface area (Å²) in [5.74, 6) is -0.560. The van der Waals surface area contributed by atoms with E-state index in [4.69, 9.17) is 5.11 Å². The summed E-state index contributed by atoms with van der Waals surface area (Å²) in [5.41, 5.74) is -0.317. The molecule has 0 spiro atoms. The average Bonchev–Trinajstić information content (AvgIpc) is 2.83. The van der Waals surface area contributed by atoms with Gasteiger partial charge in [-0.3, -0.25) is 9.36 Å². The van der Waals surface area contributed by atoms with E-state index in [0.29, 0.717) is 23.4 Å². The molecule has 19 heavy (non-hydrogen) atoms. The zero-order valence-corrected chi connectivity index (χ0v) is 11.5. The minimum absolute atomic E-state index is 0.128. The van der Waals surface area contributed by atoms with Gasteiger partial charge < -0.3 is 5.11 Å². The molecule has 100 valence electrons. The molecule has 2 heterocycles. The molecular weight excluding hydrogens is 318 g/mol. The molecule has 0 aromatic carbocycles. The summed E-state index contributed by atoms with van der Waals surface area (Å²) in [5, 5.41) is 15.9. The predicted molar refractivity (Wildman–Crippen MR) is 67.9 cm³/mol. The number of hydrogen-bond donors (Lipinski definition) is 1. The molecule has 9 heteroatoms. The van der Waals surface area contributed by atoms with E-state index in [1.54, 1.807) is 6.92 Å². The van der Waals surface area contributed by atoms with Gasteiger partial charge in [0.2, 0.25) is 0 Å². The Bertz CT molecular complexity index is 678. The molecule has 8 nitrogen and oxygen atoms in total. The highest BCUT2D eigenvalue weighted by atomic mass is 79.9. The Morgan fingerprint density at radius 1 is 1.47 bits per heavy atom. The molecule has 0 amide bonds. The third-order valence-electron chi connectivity index (χ3n) is 2.52. The molecule has 0 aliphatic carbocycles. The number of carboxylic acids is 1. The van der Waals surface area contributed by atoms with Crippen LogP contribution in [0.15, 0.2) is 21.7 Å². The van der Waals surface area contributed by atoms with Crippen LogP contribution >= 0.6 is 15.9 Å². The number of aromatic nitrogens is 5. The van der Waals surface area contributed by atoms with Crippen LogP contribution in [0.1, 0.15) is 16.3 Å². The van der Waals surface area contributed by atoms with Crippen molar-refractivity contribution >= 4 is 21.9 Å². The van der Waals surface area contributed by atoms with E-state index < -0.39 is 5.97 Å². The summed E-state index contributed by atoms with van der Waals surface area (Å²) in [6.45, 7) is 2.39. The summed E-state index contributed by atoms with van der Waals surface area (Å²) in [6.07, 6.45) is 2.76. The zero-order valence-electron chi connectivity index (χ0n) is 9.95. The molecule has 2 aromatic heterocycles. The van der Waals surface area contributed by atoms with Crippen molar-refractivity contribution in [2.45, 2.75) is 20.0 Å². The molecule has 2 aromatic rings. The summed E-state index contributed by atoms with van der Waals surface area (Å²) in [7, 11) is 0. The van der Waals surface area contributed by atoms with Gasteiger partial charge in [-0.05, 0) is 22.9 Å². The monoisotopic (exact) mass is 327 g/mol. The van der Waals surface area contributed by atoms with Crippen LogP contribution in [0.25, 0.3) is 0 Å². The normalized spacial score (nSPS) is 10.6. The number of carboxylic acid groups (broad SMARTS) is 1. The minimum Gasteiger partial charge on any atom is -0.476 e. The standard InChI is InChI=1S/C10H10BrN5O3/c1-6-12-4-7(11)9(17)16(6)3-2-15-5-8(10(18)19)13-14-15/h4-5H,2-3H2,1H3,(H,18,19). The first-order valence-corrected chi connectivity index (χ1v) is 6.13. The highest BCUT2D eigenvalue weighted by Gasteiger charge is 2.09. The van der Waals surface area contributed by atoms with Crippen molar-refractivity contribution in [3.8, 4) is 0 Å². The Kier molecular flexibility index (Phi) is 3.74. The first-order valence-electron chi connectivity index (χ1n) is 5.34. The smallest absolute Gasteiger partial charge is 0.358 e. The maximum absolute atomic E-state index is 11.9. The van der Waals surface area contributed by atoms with Gasteiger partial charge >= 0.3 is 5.97 Å². The number of rotatable bonds is 4. The van der Waals surface area contributed by atoms with Gasteiger partial charge in [0.25, 0.3) is 5.56 Å². The average molecular weight is 328 g/mol. The molecule has 0 bridgehead atoms. The topological polar surface area (TPSA) is 103 Å². The van der Waals surface area contributed by atoms with Gasteiger partial charge in [-0.1, -0.05) is 5.21 Å². The molecule has 0 atom stereocenters. The highest BCUT2D eigenvalue weighted by Crippen LogP contribution is 2.02. The Morgan fingerprint density at radius 3 is 2.84 bits per heavy atom. The van der Waals surface area contributed by atoms with Gasteiger partial charge in [-0.2, -0.15) is 0 Å². The molecular formula is C10H10BrN5O3. The maximum Gasteiger partial charge on any atom is 0.358 e. The second-order valence-electron chi connectivity index (χ2n) is 3.78. The molecule has 0 fully saturated rings. The van der Waals surface area contributed by atoms with E-state index in [1.807, 2.05) is 0 Å². The molecule has 2 rings (SSSR count). The van der Waals surface area contributed by atoms with Crippen LogP contribution < -0.4 is 5.56 Å². The molecule has 0 aliphatic heterocycles. The van der Waals surface area contributed by atoms with Crippen molar-refractivity contribution in [2.24, 2.45) is 0 Å². The maximum atomic E-state index is 11.9. The zero-order chi connectivity index (χ0) is 14.0. The summed E-state index contributed by atoms with van der Waals surface area (Å²) >= 11 is 3.12. The molecule has 0 saturated heterocycles. The van der Waals surface area contributed by atoms with E-state index in [0.717, 1.165) is 0 Å². The fraction of sp³-hybridized carbons (Fsp3) is 0.300. The van der Waals surface area contributed by atoms with E-state index in [-0.39, 0.29) is 11.3 Å². The quantitative estimate of drug-likeness (QED) is 0.866. The second-order valence-corrected chi connectivity index (χ2v) is 4.64. The van der Waals surface area contributed by atoms with Crippen molar-refractivity contribution < 1.29 is 9.90 Å². The first kappa shape index (κ1) is 13.4. The van der Waals surface area contributed by atoms with Crippen molar-refractivity contribution in [3.63, 3.8) is 0 Å². The fourth-order valence-electron chi connectivity index (χ4n) is 1.52. The second kappa shape index (κ2) is 5.31. The summed E-state index contributed by atoms with van der Waals surface area (Å²) in [6, 6.07) is 0. The van der Waals surface area contributed by atoms with Gasteiger partial charge in [0, 0.05) is 12.7 Å². The van der Waals surface area contributed by atoms with E-state index >= 15 is 0 Å². The van der Waals surface area contributed by atoms with Crippen molar-refractivity contribution in [2.75, 3.05) is 0 Å². The third kappa shape index (κ3) is 2.87. The van der Waals surface area contributed by atoms with Crippen LogP contribution in [0.5, 0.6) is 0 Å². The number of aromatic carboxylic acids is 1. The van der Waals surface area contributed by atoms with E-state index in [9.17, 15) is 9.59 Å². The van der Waals surface area contributed by atoms with E-state index in [1.165, 1.54) is 21.6 Å². The molecule has 0 unspecified atom stereocenters. The largest absolute Gasteiger partial charge is 0.476 e. The van der Waals surface area contributed by atoms with Crippen LogP contribution in [0, 0.1) is 6.92 Å². The van der Waals surface area contributed by atoms with Crippen LogP contribution in [-0.4, -0.2) is 35.6 Å². The predicted octanol–water partition coefficient (Wildman–Crippen LogP) is 0.304. The van der Waals surface area contributed by atoms with Gasteiger partial charge in [0.1, 0.15) is 10.3 Å². The number of carbonyl (C=O) groups is 1. The summed E-state index contributed by atoms with van der Waals surface area (Å²) < 4.78 is 3.23. The molecule has 0 radical (unpaired) electrons. The fourth-order valence-corrected chi connectivity index (χ4v) is 1.84. The lowest BCUT2D eigenvalue weighted by Crippen LogP contribution is -2.26. The number of aryl methyl sites for hydroxylation is 2. The molecule has 0 saturated carbocycles. The van der Waals surface area contributed by atoms with Gasteiger partial charge in [-0.15, -0.1) is 5.10 Å².